The number of hydrogen-bond acceptors (Lipinski definition) is 5. The Morgan fingerprint density at radius 1 is 1.07 bits per heavy atom. The zero-order valence-electron chi connectivity index (χ0n) is 14.3. The fourth-order valence-electron chi connectivity index (χ4n) is 3.26. The van der Waals surface area contributed by atoms with Gasteiger partial charge in [-0.1, -0.05) is 12.1 Å². The zero-order chi connectivity index (χ0) is 19.1. The third-order valence-electron chi connectivity index (χ3n) is 4.85. The number of halogens is 1. The average molecular weight is 369 g/mol. The third-order valence-corrected chi connectivity index (χ3v) is 4.85. The first kappa shape index (κ1) is 17.3. The van der Waals surface area contributed by atoms with E-state index in [9.17, 15) is 24.1 Å². The zero-order valence-corrected chi connectivity index (χ0v) is 14.3. The molecule has 0 unspecified atom stereocenters. The second kappa shape index (κ2) is 6.55. The maximum absolute atomic E-state index is 13.1. The Kier molecular flexibility index (Phi) is 4.19. The second-order valence-electron chi connectivity index (χ2n) is 6.77. The monoisotopic (exact) mass is 369 g/mol. The van der Waals surface area contributed by atoms with Gasteiger partial charge in [-0.2, -0.15) is 0 Å². The van der Waals surface area contributed by atoms with Crippen LogP contribution in [0.2, 0.25) is 0 Å². The third kappa shape index (κ3) is 3.31. The Bertz CT molecular complexity index is 940. The molecule has 0 saturated heterocycles. The summed E-state index contributed by atoms with van der Waals surface area (Å²) in [5, 5.41) is 10.9. The van der Waals surface area contributed by atoms with Gasteiger partial charge in [-0.15, -0.1) is 0 Å². The van der Waals surface area contributed by atoms with Crippen molar-refractivity contribution in [2.45, 2.75) is 25.4 Å². The molecule has 8 heteroatoms. The van der Waals surface area contributed by atoms with Crippen LogP contribution >= 0.6 is 0 Å². The van der Waals surface area contributed by atoms with Crippen molar-refractivity contribution in [2.24, 2.45) is 0 Å². The Hall–Kier alpha value is -3.13. The number of hydrogen-bond donors (Lipinski definition) is 0. The van der Waals surface area contributed by atoms with Crippen molar-refractivity contribution in [2.75, 3.05) is 6.67 Å². The maximum atomic E-state index is 13.1. The largest absolute Gasteiger partial charge is 0.278 e. The van der Waals surface area contributed by atoms with Crippen LogP contribution in [0.1, 0.15) is 39.1 Å². The lowest BCUT2D eigenvalue weighted by molar-refractivity contribution is -0.384. The van der Waals surface area contributed by atoms with Gasteiger partial charge in [0.1, 0.15) is 5.82 Å². The summed E-state index contributed by atoms with van der Waals surface area (Å²) in [6.07, 6.45) is 1.94. The van der Waals surface area contributed by atoms with E-state index in [4.69, 9.17) is 0 Å². The minimum Gasteiger partial charge on any atom is -0.278 e. The first-order chi connectivity index (χ1) is 12.9. The van der Waals surface area contributed by atoms with Crippen molar-refractivity contribution in [3.05, 3.63) is 75.1 Å². The van der Waals surface area contributed by atoms with E-state index in [1.165, 1.54) is 24.3 Å². The van der Waals surface area contributed by atoms with Crippen molar-refractivity contribution in [1.29, 1.82) is 0 Å². The standard InChI is InChI=1S/C19H16FN3O4/c20-13-3-1-12(2-4-13)10-21(14-5-6-14)11-22-18(24)16-8-7-15(23(26)27)9-17(16)19(22)25/h1-4,7-9,14H,5-6,10-11H2. The summed E-state index contributed by atoms with van der Waals surface area (Å²) in [6, 6.07) is 10.1. The molecule has 0 spiro atoms. The molecule has 0 bridgehead atoms. The molecule has 2 aliphatic rings. The molecule has 1 heterocycles. The Morgan fingerprint density at radius 2 is 1.74 bits per heavy atom. The quantitative estimate of drug-likeness (QED) is 0.444. The molecule has 2 amide bonds. The lowest BCUT2D eigenvalue weighted by Crippen LogP contribution is -2.42. The summed E-state index contributed by atoms with van der Waals surface area (Å²) in [6.45, 7) is 0.584. The molecule has 1 aliphatic heterocycles. The SMILES string of the molecule is O=C1c2ccc([N+](=O)[O-])cc2C(=O)N1CN(Cc1ccc(F)cc1)C1CC1. The van der Waals surface area contributed by atoms with Gasteiger partial charge in [0.25, 0.3) is 17.5 Å². The summed E-state index contributed by atoms with van der Waals surface area (Å²) in [5.74, 6) is -1.29. The van der Waals surface area contributed by atoms with Crippen LogP contribution in [0.3, 0.4) is 0 Å². The van der Waals surface area contributed by atoms with Crippen LogP contribution in [-0.4, -0.2) is 39.2 Å². The number of imide groups is 1. The highest BCUT2D eigenvalue weighted by Crippen LogP contribution is 2.31. The van der Waals surface area contributed by atoms with Crippen molar-refractivity contribution in [3.8, 4) is 0 Å². The summed E-state index contributed by atoms with van der Waals surface area (Å²) in [4.78, 5) is 38.8. The Labute approximate surface area is 154 Å². The molecule has 27 heavy (non-hydrogen) atoms. The van der Waals surface area contributed by atoms with Gasteiger partial charge in [-0.05, 0) is 36.6 Å². The molecule has 0 radical (unpaired) electrons. The number of nitrogens with zero attached hydrogens (tertiary/aromatic N) is 3. The summed E-state index contributed by atoms with van der Waals surface area (Å²) >= 11 is 0. The van der Waals surface area contributed by atoms with E-state index in [1.54, 1.807) is 12.1 Å². The van der Waals surface area contributed by atoms with E-state index in [0.717, 1.165) is 29.4 Å². The minimum absolute atomic E-state index is 0.0618. The van der Waals surface area contributed by atoms with Gasteiger partial charge in [-0.3, -0.25) is 29.5 Å². The van der Waals surface area contributed by atoms with Gasteiger partial charge in [0, 0.05) is 24.7 Å². The van der Waals surface area contributed by atoms with Gasteiger partial charge in [0.15, 0.2) is 0 Å². The van der Waals surface area contributed by atoms with E-state index in [0.29, 0.717) is 6.54 Å². The molecule has 0 N–H and O–H groups in total. The molecule has 7 nitrogen and oxygen atoms in total. The highest BCUT2D eigenvalue weighted by molar-refractivity contribution is 6.21. The van der Waals surface area contributed by atoms with E-state index >= 15 is 0 Å². The molecule has 1 fully saturated rings. The molecule has 2 aromatic carbocycles. The predicted octanol–water partition coefficient (Wildman–Crippen LogP) is 2.95. The number of carbonyl (C=O) groups is 2. The van der Waals surface area contributed by atoms with Gasteiger partial charge in [-0.25, -0.2) is 4.39 Å². The predicted molar refractivity (Wildman–Crippen MR) is 93.4 cm³/mol. The number of nitro groups is 1. The minimum atomic E-state index is -0.592. The lowest BCUT2D eigenvalue weighted by atomic mass is 10.1. The fraction of sp³-hybridized carbons (Fsp3) is 0.263. The van der Waals surface area contributed by atoms with Crippen molar-refractivity contribution < 1.29 is 18.9 Å². The Morgan fingerprint density at radius 3 is 2.37 bits per heavy atom. The van der Waals surface area contributed by atoms with Gasteiger partial charge < -0.3 is 0 Å². The van der Waals surface area contributed by atoms with Crippen LogP contribution in [0.15, 0.2) is 42.5 Å². The van der Waals surface area contributed by atoms with E-state index in [1.807, 2.05) is 4.90 Å². The Balaban J connectivity index is 1.55. The molecule has 0 atom stereocenters. The summed E-state index contributed by atoms with van der Waals surface area (Å²) < 4.78 is 13.1. The van der Waals surface area contributed by atoms with E-state index in [-0.39, 0.29) is 35.3 Å². The normalized spacial score (nSPS) is 16.1. The summed E-state index contributed by atoms with van der Waals surface area (Å²) in [5.41, 5.74) is 0.910. The van der Waals surface area contributed by atoms with Crippen LogP contribution in [0.4, 0.5) is 10.1 Å². The maximum Gasteiger partial charge on any atom is 0.270 e. The second-order valence-corrected chi connectivity index (χ2v) is 6.77. The lowest BCUT2D eigenvalue weighted by Gasteiger charge is -2.26. The molecule has 1 aliphatic carbocycles. The van der Waals surface area contributed by atoms with Crippen LogP contribution in [0.5, 0.6) is 0 Å². The number of fused-ring (bicyclic) bond motifs is 1. The fourth-order valence-corrected chi connectivity index (χ4v) is 3.26. The van der Waals surface area contributed by atoms with Crippen molar-refractivity contribution >= 4 is 17.5 Å². The number of non-ortho nitro benzene ring substituents is 1. The number of benzene rings is 2. The van der Waals surface area contributed by atoms with Crippen LogP contribution in [0, 0.1) is 15.9 Å². The molecular weight excluding hydrogens is 353 g/mol. The van der Waals surface area contributed by atoms with Crippen LogP contribution in [0.25, 0.3) is 0 Å². The van der Waals surface area contributed by atoms with E-state index < -0.39 is 16.7 Å². The molecule has 4 rings (SSSR count). The molecule has 1 saturated carbocycles. The average Bonchev–Trinajstić information content (AvgIpc) is 3.47. The first-order valence-electron chi connectivity index (χ1n) is 8.57. The molecular formula is C19H16FN3O4. The number of rotatable bonds is 6. The van der Waals surface area contributed by atoms with E-state index in [2.05, 4.69) is 0 Å². The smallest absolute Gasteiger partial charge is 0.270 e. The molecule has 0 aromatic heterocycles. The van der Waals surface area contributed by atoms with Gasteiger partial charge in [0.2, 0.25) is 0 Å². The van der Waals surface area contributed by atoms with Gasteiger partial charge >= 0.3 is 0 Å². The first-order valence-corrected chi connectivity index (χ1v) is 8.57. The number of amides is 2. The van der Waals surface area contributed by atoms with Crippen LogP contribution < -0.4 is 0 Å². The molecule has 2 aromatic rings. The summed E-state index contributed by atoms with van der Waals surface area (Å²) in [7, 11) is 0. The topological polar surface area (TPSA) is 83.8 Å². The van der Waals surface area contributed by atoms with Crippen molar-refractivity contribution in [3.63, 3.8) is 0 Å². The van der Waals surface area contributed by atoms with Crippen molar-refractivity contribution in [1.82, 2.24) is 9.80 Å². The van der Waals surface area contributed by atoms with Gasteiger partial charge in [0.05, 0.1) is 22.7 Å². The molecule has 138 valence electrons. The number of carbonyl (C=O) groups excluding carboxylic acids is 2. The van der Waals surface area contributed by atoms with Crippen LogP contribution in [-0.2, 0) is 6.54 Å². The highest BCUT2D eigenvalue weighted by Gasteiger charge is 2.40. The number of nitro benzene ring substituents is 1. The highest BCUT2D eigenvalue weighted by atomic mass is 19.1.